The van der Waals surface area contributed by atoms with Crippen LogP contribution in [-0.2, 0) is 0 Å². The van der Waals surface area contributed by atoms with Crippen LogP contribution in [0.1, 0.15) is 33.1 Å². The van der Waals surface area contributed by atoms with E-state index in [1.165, 1.54) is 6.07 Å². The van der Waals surface area contributed by atoms with Crippen LogP contribution in [0.5, 0.6) is 5.75 Å². The highest BCUT2D eigenvalue weighted by molar-refractivity contribution is 6.32. The van der Waals surface area contributed by atoms with Crippen LogP contribution in [0.2, 0.25) is 5.02 Å². The minimum Gasteiger partial charge on any atom is -0.489 e. The van der Waals surface area contributed by atoms with Gasteiger partial charge in [0.2, 0.25) is 0 Å². The molecule has 0 spiro atoms. The number of benzene rings is 1. The Morgan fingerprint density at radius 1 is 1.33 bits per heavy atom. The van der Waals surface area contributed by atoms with Gasteiger partial charge in [0.15, 0.2) is 11.6 Å². The van der Waals surface area contributed by atoms with Crippen molar-refractivity contribution in [3.8, 4) is 5.75 Å². The van der Waals surface area contributed by atoms with Gasteiger partial charge in [-0.25, -0.2) is 4.39 Å². The Morgan fingerprint density at radius 2 is 2.06 bits per heavy atom. The molecule has 0 amide bonds. The molecule has 0 aliphatic rings. The van der Waals surface area contributed by atoms with E-state index in [4.69, 9.17) is 22.1 Å². The number of unbranched alkanes of at least 4 members (excludes halogenated alkanes) is 1. The van der Waals surface area contributed by atoms with E-state index < -0.39 is 5.82 Å². The van der Waals surface area contributed by atoms with Gasteiger partial charge in [-0.15, -0.1) is 0 Å². The molecule has 0 fully saturated rings. The molecule has 18 heavy (non-hydrogen) atoms. The van der Waals surface area contributed by atoms with Crippen molar-refractivity contribution in [2.45, 2.75) is 33.1 Å². The van der Waals surface area contributed by atoms with Crippen LogP contribution >= 0.6 is 11.6 Å². The molecule has 0 aliphatic heterocycles. The summed E-state index contributed by atoms with van der Waals surface area (Å²) in [4.78, 5) is 0. The second-order valence-electron chi connectivity index (χ2n) is 5.22. The zero-order valence-electron chi connectivity index (χ0n) is 11.0. The molecule has 0 saturated carbocycles. The maximum absolute atomic E-state index is 13.4. The summed E-state index contributed by atoms with van der Waals surface area (Å²) in [5.41, 5.74) is 5.82. The van der Waals surface area contributed by atoms with Gasteiger partial charge in [0, 0.05) is 0 Å². The summed E-state index contributed by atoms with van der Waals surface area (Å²) in [5, 5.41) is 0.317. The number of rotatable bonds is 7. The first-order chi connectivity index (χ1) is 8.46. The second-order valence-corrected chi connectivity index (χ2v) is 5.63. The monoisotopic (exact) mass is 273 g/mol. The average Bonchev–Trinajstić information content (AvgIpc) is 2.32. The molecule has 0 unspecified atom stereocenters. The van der Waals surface area contributed by atoms with E-state index >= 15 is 0 Å². The molecule has 0 radical (unpaired) electrons. The van der Waals surface area contributed by atoms with Crippen molar-refractivity contribution in [3.05, 3.63) is 29.0 Å². The molecular formula is C14H21ClFNO. The summed E-state index contributed by atoms with van der Waals surface area (Å²) in [6, 6.07) is 4.53. The van der Waals surface area contributed by atoms with Crippen LogP contribution in [0, 0.1) is 11.2 Å². The topological polar surface area (TPSA) is 35.2 Å². The fraction of sp³-hybridized carbons (Fsp3) is 0.571. The van der Waals surface area contributed by atoms with E-state index in [1.807, 2.05) is 0 Å². The van der Waals surface area contributed by atoms with E-state index in [0.29, 0.717) is 18.2 Å². The number of halogens is 2. The van der Waals surface area contributed by atoms with Crippen molar-refractivity contribution >= 4 is 11.6 Å². The molecule has 1 rings (SSSR count). The van der Waals surface area contributed by atoms with Crippen molar-refractivity contribution in [2.75, 3.05) is 13.2 Å². The molecule has 0 aliphatic carbocycles. The van der Waals surface area contributed by atoms with Gasteiger partial charge in [0.05, 0.1) is 11.6 Å². The largest absolute Gasteiger partial charge is 0.489 e. The molecule has 2 nitrogen and oxygen atoms in total. The van der Waals surface area contributed by atoms with Gasteiger partial charge in [-0.05, 0) is 43.4 Å². The first kappa shape index (κ1) is 15.3. The summed E-state index contributed by atoms with van der Waals surface area (Å²) in [7, 11) is 0. The molecule has 0 aromatic heterocycles. The highest BCUT2D eigenvalue weighted by Gasteiger charge is 2.14. The molecule has 0 bridgehead atoms. The third-order valence-corrected chi connectivity index (χ3v) is 3.26. The standard InChI is InChI=1S/C14H21ClFNO/c1-14(2,10-17)8-3-4-9-18-13-11(15)6-5-7-12(13)16/h5-7H,3-4,8-10,17H2,1-2H3. The Hall–Kier alpha value is -0.800. The van der Waals surface area contributed by atoms with Crippen molar-refractivity contribution in [1.82, 2.24) is 0 Å². The molecule has 2 N–H and O–H groups in total. The minimum atomic E-state index is -0.412. The predicted octanol–water partition coefficient (Wildman–Crippen LogP) is 4.01. The van der Waals surface area contributed by atoms with Crippen molar-refractivity contribution in [2.24, 2.45) is 11.1 Å². The Balaban J connectivity index is 2.30. The number of para-hydroxylation sites is 1. The fourth-order valence-corrected chi connectivity index (χ4v) is 1.82. The van der Waals surface area contributed by atoms with Crippen molar-refractivity contribution in [3.63, 3.8) is 0 Å². The predicted molar refractivity (Wildman–Crippen MR) is 73.6 cm³/mol. The van der Waals surface area contributed by atoms with Gasteiger partial charge in [-0.3, -0.25) is 0 Å². The van der Waals surface area contributed by atoms with E-state index in [9.17, 15) is 4.39 Å². The van der Waals surface area contributed by atoms with E-state index in [2.05, 4.69) is 13.8 Å². The Kier molecular flexibility index (Phi) is 5.89. The Morgan fingerprint density at radius 3 is 2.67 bits per heavy atom. The van der Waals surface area contributed by atoms with Gasteiger partial charge in [0.1, 0.15) is 0 Å². The lowest BCUT2D eigenvalue weighted by Gasteiger charge is -2.21. The van der Waals surface area contributed by atoms with E-state index in [0.717, 1.165) is 19.3 Å². The molecule has 102 valence electrons. The van der Waals surface area contributed by atoms with Crippen molar-refractivity contribution in [1.29, 1.82) is 0 Å². The Bertz CT molecular complexity index is 362. The molecule has 1 aromatic carbocycles. The van der Waals surface area contributed by atoms with Gasteiger partial charge in [0.25, 0.3) is 0 Å². The maximum Gasteiger partial charge on any atom is 0.173 e. The van der Waals surface area contributed by atoms with E-state index in [1.54, 1.807) is 12.1 Å². The van der Waals surface area contributed by atoms with Crippen molar-refractivity contribution < 1.29 is 9.13 Å². The highest BCUT2D eigenvalue weighted by atomic mass is 35.5. The second kappa shape index (κ2) is 6.95. The fourth-order valence-electron chi connectivity index (χ4n) is 1.60. The van der Waals surface area contributed by atoms with Gasteiger partial charge < -0.3 is 10.5 Å². The molecule has 0 atom stereocenters. The third-order valence-electron chi connectivity index (χ3n) is 2.97. The van der Waals surface area contributed by atoms with Crippen LogP contribution in [-0.4, -0.2) is 13.2 Å². The minimum absolute atomic E-state index is 0.150. The zero-order chi connectivity index (χ0) is 13.6. The zero-order valence-corrected chi connectivity index (χ0v) is 11.8. The molecular weight excluding hydrogens is 253 g/mol. The lowest BCUT2D eigenvalue weighted by molar-refractivity contribution is 0.270. The molecule has 0 heterocycles. The number of hydrogen-bond acceptors (Lipinski definition) is 2. The van der Waals surface area contributed by atoms with Gasteiger partial charge in [-0.1, -0.05) is 31.5 Å². The number of nitrogens with two attached hydrogens (primary N) is 1. The SMILES string of the molecule is CC(C)(CN)CCCCOc1c(F)cccc1Cl. The summed E-state index contributed by atoms with van der Waals surface area (Å²) < 4.78 is 18.8. The smallest absolute Gasteiger partial charge is 0.173 e. The lowest BCUT2D eigenvalue weighted by atomic mass is 9.87. The lowest BCUT2D eigenvalue weighted by Crippen LogP contribution is -2.23. The van der Waals surface area contributed by atoms with Crippen LogP contribution < -0.4 is 10.5 Å². The third kappa shape index (κ3) is 4.83. The van der Waals surface area contributed by atoms with Gasteiger partial charge in [-0.2, -0.15) is 0 Å². The normalized spacial score (nSPS) is 11.6. The number of ether oxygens (including phenoxy) is 1. The van der Waals surface area contributed by atoms with Crippen LogP contribution in [0.3, 0.4) is 0 Å². The van der Waals surface area contributed by atoms with Crippen LogP contribution in [0.15, 0.2) is 18.2 Å². The highest BCUT2D eigenvalue weighted by Crippen LogP contribution is 2.27. The van der Waals surface area contributed by atoms with Crippen LogP contribution in [0.25, 0.3) is 0 Å². The summed E-state index contributed by atoms with van der Waals surface area (Å²) in [6.45, 7) is 5.43. The maximum atomic E-state index is 13.4. The molecule has 0 saturated heterocycles. The summed E-state index contributed by atoms with van der Waals surface area (Å²) in [6.07, 6.45) is 2.92. The summed E-state index contributed by atoms with van der Waals surface area (Å²) >= 11 is 5.86. The Labute approximate surface area is 113 Å². The average molecular weight is 274 g/mol. The first-order valence-electron chi connectivity index (χ1n) is 6.23. The van der Waals surface area contributed by atoms with Crippen LogP contribution in [0.4, 0.5) is 4.39 Å². The number of hydrogen-bond donors (Lipinski definition) is 1. The molecule has 1 aromatic rings. The van der Waals surface area contributed by atoms with E-state index in [-0.39, 0.29) is 11.2 Å². The molecule has 4 heteroatoms. The van der Waals surface area contributed by atoms with Gasteiger partial charge >= 0.3 is 0 Å². The first-order valence-corrected chi connectivity index (χ1v) is 6.61. The quantitative estimate of drug-likeness (QED) is 0.762. The summed E-state index contributed by atoms with van der Waals surface area (Å²) in [5.74, 6) is -0.262.